The lowest BCUT2D eigenvalue weighted by molar-refractivity contribution is -0.131. The van der Waals surface area contributed by atoms with Crippen LogP contribution in [0.1, 0.15) is 18.1 Å². The van der Waals surface area contributed by atoms with Crippen LogP contribution in [0.2, 0.25) is 0 Å². The molecule has 0 aliphatic rings. The van der Waals surface area contributed by atoms with Gasteiger partial charge in [0.15, 0.2) is 0 Å². The monoisotopic (exact) mass is 322 g/mol. The topological polar surface area (TPSA) is 63.6 Å². The molecule has 122 valence electrons. The third-order valence-corrected chi connectivity index (χ3v) is 3.51. The van der Waals surface area contributed by atoms with Crippen molar-refractivity contribution in [1.82, 2.24) is 0 Å². The number of aryl methyl sites for hydroxylation is 1. The second kappa shape index (κ2) is 7.92. The van der Waals surface area contributed by atoms with Crippen LogP contribution in [0.25, 0.3) is 17.2 Å². The molecule has 0 saturated heterocycles. The van der Waals surface area contributed by atoms with Crippen LogP contribution < -0.4 is 4.74 Å². The highest BCUT2D eigenvalue weighted by atomic mass is 16.5. The number of carbonyl (C=O) groups excluding carboxylic acids is 1. The largest absolute Gasteiger partial charge is 0.478 e. The van der Waals surface area contributed by atoms with Crippen LogP contribution in [0.4, 0.5) is 0 Å². The highest BCUT2D eigenvalue weighted by Crippen LogP contribution is 2.36. The molecule has 4 heteroatoms. The molecule has 0 saturated carbocycles. The van der Waals surface area contributed by atoms with E-state index < -0.39 is 11.9 Å². The van der Waals surface area contributed by atoms with E-state index in [0.717, 1.165) is 35.3 Å². The minimum atomic E-state index is -1.07. The lowest BCUT2D eigenvalue weighted by Crippen LogP contribution is -2.06. The van der Waals surface area contributed by atoms with Gasteiger partial charge in [-0.05, 0) is 23.6 Å². The normalized spacial score (nSPS) is 10.5. The Hall–Kier alpha value is -3.14. The van der Waals surface area contributed by atoms with E-state index >= 15 is 0 Å². The number of para-hydroxylation sites is 1. The third-order valence-electron chi connectivity index (χ3n) is 3.51. The first-order chi connectivity index (χ1) is 11.6. The lowest BCUT2D eigenvalue weighted by atomic mass is 9.95. The Morgan fingerprint density at radius 3 is 2.50 bits per heavy atom. The van der Waals surface area contributed by atoms with Crippen molar-refractivity contribution in [1.29, 1.82) is 0 Å². The Morgan fingerprint density at radius 1 is 1.12 bits per heavy atom. The fraction of sp³-hybridized carbons (Fsp3) is 0.100. The summed E-state index contributed by atoms with van der Waals surface area (Å²) in [4.78, 5) is 22.5. The number of esters is 1. The van der Waals surface area contributed by atoms with Crippen LogP contribution in [-0.2, 0) is 16.0 Å². The van der Waals surface area contributed by atoms with Crippen LogP contribution >= 0.6 is 0 Å². The molecule has 2 aromatic carbocycles. The van der Waals surface area contributed by atoms with E-state index in [1.165, 1.54) is 6.08 Å². The van der Waals surface area contributed by atoms with E-state index in [4.69, 9.17) is 9.84 Å². The SMILES string of the molecule is C=CC(=O)Oc1c(/C=C/C(=O)O)cccc1-c1ccccc1CC. The van der Waals surface area contributed by atoms with Crippen molar-refractivity contribution < 1.29 is 19.4 Å². The molecule has 0 fully saturated rings. The molecule has 0 aliphatic heterocycles. The average molecular weight is 322 g/mol. The summed E-state index contributed by atoms with van der Waals surface area (Å²) in [5.74, 6) is -1.35. The van der Waals surface area contributed by atoms with E-state index in [2.05, 4.69) is 6.58 Å². The molecule has 0 amide bonds. The molecule has 0 bridgehead atoms. The van der Waals surface area contributed by atoms with Gasteiger partial charge in [-0.3, -0.25) is 0 Å². The minimum Gasteiger partial charge on any atom is -0.478 e. The zero-order valence-corrected chi connectivity index (χ0v) is 13.4. The molecule has 0 atom stereocenters. The predicted octanol–water partition coefficient (Wildman–Crippen LogP) is 4.11. The quantitative estimate of drug-likeness (QED) is 0.494. The van der Waals surface area contributed by atoms with Gasteiger partial charge < -0.3 is 9.84 Å². The van der Waals surface area contributed by atoms with Crippen LogP contribution in [0.5, 0.6) is 5.75 Å². The fourth-order valence-corrected chi connectivity index (χ4v) is 2.41. The Morgan fingerprint density at radius 2 is 1.83 bits per heavy atom. The van der Waals surface area contributed by atoms with E-state index in [-0.39, 0.29) is 0 Å². The number of ether oxygens (including phenoxy) is 1. The maximum Gasteiger partial charge on any atom is 0.335 e. The number of hydrogen-bond donors (Lipinski definition) is 1. The van der Waals surface area contributed by atoms with Crippen molar-refractivity contribution in [2.45, 2.75) is 13.3 Å². The van der Waals surface area contributed by atoms with E-state index in [1.54, 1.807) is 12.1 Å². The van der Waals surface area contributed by atoms with Crippen LogP contribution in [0.3, 0.4) is 0 Å². The van der Waals surface area contributed by atoms with Gasteiger partial charge in [-0.15, -0.1) is 0 Å². The molecular formula is C20H18O4. The van der Waals surface area contributed by atoms with Crippen molar-refractivity contribution in [2.75, 3.05) is 0 Å². The van der Waals surface area contributed by atoms with Crippen molar-refractivity contribution >= 4 is 18.0 Å². The standard InChI is InChI=1S/C20H18O4/c1-3-14-8-5-6-10-16(14)17-11-7-9-15(12-13-18(21)22)20(17)24-19(23)4-2/h4-13H,2-3H2,1H3,(H,21,22)/b13-12+. The first kappa shape index (κ1) is 17.2. The number of rotatable bonds is 6. The van der Waals surface area contributed by atoms with Gasteiger partial charge in [-0.2, -0.15) is 0 Å². The van der Waals surface area contributed by atoms with Gasteiger partial charge >= 0.3 is 11.9 Å². The van der Waals surface area contributed by atoms with Crippen LogP contribution in [0.15, 0.2) is 61.2 Å². The summed E-state index contributed by atoms with van der Waals surface area (Å²) in [6, 6.07) is 13.2. The first-order valence-corrected chi connectivity index (χ1v) is 7.53. The number of aliphatic carboxylic acids is 1. The number of hydrogen-bond acceptors (Lipinski definition) is 3. The molecule has 2 rings (SSSR count). The van der Waals surface area contributed by atoms with Crippen LogP contribution in [0, 0.1) is 0 Å². The summed E-state index contributed by atoms with van der Waals surface area (Å²) in [5.41, 5.74) is 3.29. The molecular weight excluding hydrogens is 304 g/mol. The number of carbonyl (C=O) groups is 2. The minimum absolute atomic E-state index is 0.320. The first-order valence-electron chi connectivity index (χ1n) is 7.53. The predicted molar refractivity (Wildman–Crippen MR) is 93.8 cm³/mol. The fourth-order valence-electron chi connectivity index (χ4n) is 2.41. The molecule has 0 aliphatic carbocycles. The van der Waals surface area contributed by atoms with Gasteiger partial charge in [-0.25, -0.2) is 9.59 Å². The highest BCUT2D eigenvalue weighted by Gasteiger charge is 2.15. The lowest BCUT2D eigenvalue weighted by Gasteiger charge is -2.15. The van der Waals surface area contributed by atoms with Crippen molar-refractivity contribution in [3.8, 4) is 16.9 Å². The molecule has 0 radical (unpaired) electrons. The number of carboxylic acids is 1. The van der Waals surface area contributed by atoms with Gasteiger partial charge in [0, 0.05) is 23.3 Å². The summed E-state index contributed by atoms with van der Waals surface area (Å²) in [7, 11) is 0. The van der Waals surface area contributed by atoms with Gasteiger partial charge in [0.1, 0.15) is 5.75 Å². The summed E-state index contributed by atoms with van der Waals surface area (Å²) in [5, 5.41) is 8.85. The Kier molecular flexibility index (Phi) is 5.68. The number of benzene rings is 2. The second-order valence-electron chi connectivity index (χ2n) is 5.03. The summed E-state index contributed by atoms with van der Waals surface area (Å²) in [6.07, 6.45) is 4.32. The van der Waals surface area contributed by atoms with Crippen molar-refractivity contribution in [3.63, 3.8) is 0 Å². The summed E-state index contributed by atoms with van der Waals surface area (Å²) >= 11 is 0. The smallest absolute Gasteiger partial charge is 0.335 e. The van der Waals surface area contributed by atoms with Gasteiger partial charge in [0.2, 0.25) is 0 Å². The third kappa shape index (κ3) is 3.98. The van der Waals surface area contributed by atoms with Gasteiger partial charge in [-0.1, -0.05) is 56.0 Å². The van der Waals surface area contributed by atoms with E-state index in [0.29, 0.717) is 11.3 Å². The van der Waals surface area contributed by atoms with Crippen molar-refractivity contribution in [2.24, 2.45) is 0 Å². The maximum atomic E-state index is 11.7. The molecule has 24 heavy (non-hydrogen) atoms. The second-order valence-corrected chi connectivity index (χ2v) is 5.03. The molecule has 4 nitrogen and oxygen atoms in total. The summed E-state index contributed by atoms with van der Waals surface area (Å²) in [6.45, 7) is 5.45. The van der Waals surface area contributed by atoms with Gasteiger partial charge in [0.05, 0.1) is 0 Å². The molecule has 2 aromatic rings. The highest BCUT2D eigenvalue weighted by molar-refractivity contribution is 5.90. The molecule has 0 spiro atoms. The zero-order valence-electron chi connectivity index (χ0n) is 13.4. The zero-order chi connectivity index (χ0) is 17.5. The molecule has 0 heterocycles. The molecule has 0 aromatic heterocycles. The Balaban J connectivity index is 2.66. The van der Waals surface area contributed by atoms with E-state index in [9.17, 15) is 9.59 Å². The molecule has 0 unspecified atom stereocenters. The molecule has 1 N–H and O–H groups in total. The summed E-state index contributed by atoms with van der Waals surface area (Å²) < 4.78 is 5.41. The average Bonchev–Trinajstić information content (AvgIpc) is 2.60. The van der Waals surface area contributed by atoms with E-state index in [1.807, 2.05) is 37.3 Å². The van der Waals surface area contributed by atoms with Gasteiger partial charge in [0.25, 0.3) is 0 Å². The number of carboxylic acid groups (broad SMARTS) is 1. The maximum absolute atomic E-state index is 11.7. The van der Waals surface area contributed by atoms with Crippen molar-refractivity contribution in [3.05, 3.63) is 72.3 Å². The van der Waals surface area contributed by atoms with Crippen LogP contribution in [-0.4, -0.2) is 17.0 Å². The Bertz CT molecular complexity index is 803. The Labute approximate surface area is 140 Å².